The van der Waals surface area contributed by atoms with Gasteiger partial charge in [-0.25, -0.2) is 0 Å². The number of aliphatic hydroxyl groups is 6. The van der Waals surface area contributed by atoms with Gasteiger partial charge in [0.2, 0.25) is 11.2 Å². The first-order valence-electron chi connectivity index (χ1n) is 5.35. The van der Waals surface area contributed by atoms with Crippen molar-refractivity contribution < 1.29 is 58.0 Å². The van der Waals surface area contributed by atoms with Crippen molar-refractivity contribution in [2.24, 2.45) is 0 Å². The highest BCUT2D eigenvalue weighted by atomic mass is 32.2. The van der Waals surface area contributed by atoms with Crippen LogP contribution in [0.25, 0.3) is 0 Å². The molecule has 128 valence electrons. The lowest BCUT2D eigenvalue weighted by Crippen LogP contribution is -2.69. The van der Waals surface area contributed by atoms with Gasteiger partial charge >= 0.3 is 10.3 Å². The van der Waals surface area contributed by atoms with Crippen LogP contribution in [0.5, 0.6) is 0 Å². The zero-order chi connectivity index (χ0) is 18.1. The summed E-state index contributed by atoms with van der Waals surface area (Å²) in [5.41, 5.74) is -7.87. The maximum Gasteiger partial charge on any atom is 0.335 e. The highest BCUT2D eigenvalue weighted by Gasteiger charge is 2.54. The van der Waals surface area contributed by atoms with E-state index in [2.05, 4.69) is 0 Å². The molecule has 0 aliphatic rings. The van der Waals surface area contributed by atoms with E-state index in [0.717, 1.165) is 0 Å². The first-order chi connectivity index (χ1) is 9.61. The summed E-state index contributed by atoms with van der Waals surface area (Å²) in [6.45, 7) is -1.26. The van der Waals surface area contributed by atoms with Gasteiger partial charge in [-0.2, -0.15) is 21.6 Å². The minimum Gasteiger partial charge on any atom is -0.394 e. The fourth-order valence-electron chi connectivity index (χ4n) is 1.22. The number of hydrogen-bond donors (Lipinski definition) is 9. The number of rotatable bonds is 8. The summed E-state index contributed by atoms with van der Waals surface area (Å²) in [5, 5.41) is 55.6. The predicted octanol–water partition coefficient (Wildman–Crippen LogP) is -5.65. The van der Waals surface area contributed by atoms with Gasteiger partial charge in [0.15, 0.2) is 0 Å². The molecule has 0 fully saturated rings. The molecule has 0 spiro atoms. The topological polar surface area (TPSA) is 242 Å². The van der Waals surface area contributed by atoms with E-state index in [-0.39, 0.29) is 0 Å². The summed E-state index contributed by atoms with van der Waals surface area (Å²) >= 11 is 0. The molecule has 0 aromatic rings. The second-order valence-electron chi connectivity index (χ2n) is 3.87. The lowest BCUT2D eigenvalue weighted by atomic mass is 9.99. The Morgan fingerprint density at radius 2 is 1.52 bits per heavy atom. The Labute approximate surface area is 120 Å². The molecule has 1 unspecified atom stereocenters. The normalized spacial score (nSPS) is 23.0. The van der Waals surface area contributed by atoms with Crippen molar-refractivity contribution in [3.05, 3.63) is 0 Å². The van der Waals surface area contributed by atoms with Crippen LogP contribution in [-0.2, 0) is 20.4 Å². The van der Waals surface area contributed by atoms with Crippen molar-refractivity contribution in [2.45, 2.75) is 29.5 Å². The molecular weight excluding hydrogens is 342 g/mol. The highest BCUT2D eigenvalue weighted by Crippen LogP contribution is 2.22. The zero-order valence-electron chi connectivity index (χ0n) is 11.0. The van der Waals surface area contributed by atoms with Crippen LogP contribution in [0, 0.1) is 0 Å². The average molecular weight is 358 g/mol. The average Bonchev–Trinajstić information content (AvgIpc) is 2.40. The molecule has 9 N–H and O–H groups in total. The fraction of sp³-hybridized carbons (Fsp3) is 1.00. The summed E-state index contributed by atoms with van der Waals surface area (Å²) in [6.07, 6.45) is -8.13. The molecule has 0 bridgehead atoms. The second kappa shape index (κ2) is 6.75. The molecule has 0 radical (unpaired) electrons. The van der Waals surface area contributed by atoms with Crippen LogP contribution in [-0.4, -0.2) is 92.7 Å². The quantitative estimate of drug-likeness (QED) is 0.146. The van der Waals surface area contributed by atoms with Crippen LogP contribution < -0.4 is 4.72 Å². The maximum absolute atomic E-state index is 10.8. The molecule has 0 aromatic heterocycles. The van der Waals surface area contributed by atoms with Crippen molar-refractivity contribution in [3.63, 3.8) is 0 Å². The van der Waals surface area contributed by atoms with Crippen molar-refractivity contribution >= 4 is 20.4 Å². The predicted molar refractivity (Wildman–Crippen MR) is 62.3 cm³/mol. The van der Waals surface area contributed by atoms with Crippen LogP contribution in [0.3, 0.4) is 0 Å². The van der Waals surface area contributed by atoms with Crippen LogP contribution in [0.15, 0.2) is 0 Å². The van der Waals surface area contributed by atoms with Gasteiger partial charge in [-0.05, 0) is 0 Å². The van der Waals surface area contributed by atoms with Crippen LogP contribution in [0.2, 0.25) is 1.41 Å². The molecule has 0 aliphatic carbocycles. The van der Waals surface area contributed by atoms with Crippen LogP contribution in [0.4, 0.5) is 0 Å². The van der Waals surface area contributed by atoms with Gasteiger partial charge in [-0.15, -0.1) is 0 Å². The Bertz CT molecular complexity index is 538. The number of aliphatic hydroxyl groups excluding tert-OH is 5. The molecule has 0 aromatic carbocycles. The van der Waals surface area contributed by atoms with E-state index in [9.17, 15) is 37.3 Å². The molecule has 0 saturated carbocycles. The molecular formula is C6H15NO12S2. The Morgan fingerprint density at radius 3 is 1.81 bits per heavy atom. The minimum atomic E-state index is -5.78. The molecule has 0 amide bonds. The molecule has 0 rings (SSSR count). The van der Waals surface area contributed by atoms with Crippen molar-refractivity contribution in [3.8, 4) is 0 Å². The van der Waals surface area contributed by atoms with Gasteiger partial charge in [-0.1, -0.05) is 0 Å². The van der Waals surface area contributed by atoms with E-state index in [1.807, 2.05) is 0 Å². The van der Waals surface area contributed by atoms with E-state index in [1.54, 1.807) is 0 Å². The summed E-state index contributed by atoms with van der Waals surface area (Å²) < 4.78 is 66.0. The standard InChI is InChI=1S/C6H15NO12S2/c8-1-2(9)3(10)4(11)6(13,7-21(17,18)19)5(12)20(14,15)16/h2-5,7-13H,1H2,(H,14,15,16)(H,17,18,19)/t2-,3-,4+,5?,6+/m1/s1/i/hD. The van der Waals surface area contributed by atoms with E-state index in [0.29, 0.717) is 0 Å². The second-order valence-corrected chi connectivity index (χ2v) is 6.43. The third-order valence-corrected chi connectivity index (χ3v) is 3.68. The van der Waals surface area contributed by atoms with Gasteiger partial charge in [0.1, 0.15) is 19.7 Å². The largest absolute Gasteiger partial charge is 0.394 e. The molecule has 5 atom stereocenters. The van der Waals surface area contributed by atoms with E-state index in [1.165, 1.54) is 0 Å². The minimum absolute atomic E-state index is 1.26. The van der Waals surface area contributed by atoms with Gasteiger partial charge in [0.05, 0.1) is 6.61 Å². The van der Waals surface area contributed by atoms with E-state index < -0.39 is 61.2 Å². The lowest BCUT2D eigenvalue weighted by molar-refractivity contribution is -0.186. The van der Waals surface area contributed by atoms with Crippen LogP contribution >= 0.6 is 0 Å². The van der Waals surface area contributed by atoms with Crippen molar-refractivity contribution in [1.29, 1.82) is 0 Å². The summed E-state index contributed by atoms with van der Waals surface area (Å²) in [5.74, 6) is 0. The molecule has 15 heteroatoms. The molecule has 0 aliphatic heterocycles. The van der Waals surface area contributed by atoms with Crippen molar-refractivity contribution in [2.75, 3.05) is 6.61 Å². The smallest absolute Gasteiger partial charge is 0.335 e. The Kier molecular flexibility index (Phi) is 5.98. The summed E-state index contributed by atoms with van der Waals surface area (Å²) in [6, 6.07) is 0. The van der Waals surface area contributed by atoms with Gasteiger partial charge in [0, 0.05) is 0 Å². The van der Waals surface area contributed by atoms with Gasteiger partial charge in [0.25, 0.3) is 10.1 Å². The van der Waals surface area contributed by atoms with E-state index in [4.69, 9.17) is 20.7 Å². The lowest BCUT2D eigenvalue weighted by Gasteiger charge is -2.37. The van der Waals surface area contributed by atoms with Gasteiger partial charge in [-0.3, -0.25) is 9.11 Å². The van der Waals surface area contributed by atoms with Gasteiger partial charge < -0.3 is 30.6 Å². The SMILES string of the molecule is [2H]N([C@@](O)(C(O)S(=O)(=O)O)[C@@H](O)[C@H](O)[C@H](O)CO)S(=O)(=O)O. The molecule has 0 saturated heterocycles. The third-order valence-electron chi connectivity index (χ3n) is 2.25. The molecule has 13 nitrogen and oxygen atoms in total. The zero-order valence-corrected chi connectivity index (χ0v) is 11.6. The Balaban J connectivity index is 6.14. The van der Waals surface area contributed by atoms with Crippen molar-refractivity contribution in [1.82, 2.24) is 4.72 Å². The Hall–Kier alpha value is -0.460. The van der Waals surface area contributed by atoms with Crippen LogP contribution in [0.1, 0.15) is 0 Å². The monoisotopic (exact) mass is 358 g/mol. The highest BCUT2D eigenvalue weighted by molar-refractivity contribution is 7.86. The summed E-state index contributed by atoms with van der Waals surface area (Å²) in [7, 11) is -11.5. The fourth-order valence-corrected chi connectivity index (χ4v) is 2.49. The summed E-state index contributed by atoms with van der Waals surface area (Å²) in [4.78, 5) is 0. The number of hydrogen-bond acceptors (Lipinski definition) is 10. The van der Waals surface area contributed by atoms with E-state index >= 15 is 0 Å². The maximum atomic E-state index is 10.8. The first kappa shape index (κ1) is 18.6. The first-order valence-corrected chi connectivity index (χ1v) is 7.80. The third kappa shape index (κ3) is 5.34. The Morgan fingerprint density at radius 1 is 1.10 bits per heavy atom. The molecule has 21 heavy (non-hydrogen) atoms. The number of nitrogens with one attached hydrogen (secondary N) is 1. The molecule has 0 heterocycles.